The fourth-order valence-electron chi connectivity index (χ4n) is 1.49. The van der Waals surface area contributed by atoms with Crippen LogP contribution in [0.4, 0.5) is 10.2 Å². The van der Waals surface area contributed by atoms with E-state index in [4.69, 9.17) is 11.6 Å². The van der Waals surface area contributed by atoms with Gasteiger partial charge in [0.05, 0.1) is 6.10 Å². The third-order valence-corrected chi connectivity index (χ3v) is 2.55. The van der Waals surface area contributed by atoms with Crippen LogP contribution < -0.4 is 5.32 Å². The van der Waals surface area contributed by atoms with Crippen LogP contribution in [0, 0.1) is 5.82 Å². The van der Waals surface area contributed by atoms with E-state index in [1.165, 1.54) is 18.3 Å². The first-order valence-corrected chi connectivity index (χ1v) is 5.69. The molecule has 0 fully saturated rings. The number of halogens is 2. The number of hydrogen-bond donors (Lipinski definition) is 2. The van der Waals surface area contributed by atoms with Crippen molar-refractivity contribution in [1.29, 1.82) is 0 Å². The second kappa shape index (κ2) is 5.75. The number of aliphatic hydroxyl groups is 1. The molecule has 1 heterocycles. The topological polar surface area (TPSA) is 58.0 Å². The van der Waals surface area contributed by atoms with Crippen molar-refractivity contribution in [1.82, 2.24) is 9.97 Å². The molecule has 1 unspecified atom stereocenters. The number of aromatic nitrogens is 2. The average Bonchev–Trinajstić information content (AvgIpc) is 2.37. The van der Waals surface area contributed by atoms with Crippen molar-refractivity contribution in [3.05, 3.63) is 53.2 Å². The number of benzene rings is 1. The third kappa shape index (κ3) is 3.15. The van der Waals surface area contributed by atoms with Gasteiger partial charge in [-0.3, -0.25) is 0 Å². The third-order valence-electron chi connectivity index (χ3n) is 2.37. The lowest BCUT2D eigenvalue weighted by molar-refractivity contribution is 0.186. The van der Waals surface area contributed by atoms with E-state index in [0.717, 1.165) is 0 Å². The molecular weight excluding hydrogens is 257 g/mol. The zero-order valence-corrected chi connectivity index (χ0v) is 10.1. The molecule has 0 bridgehead atoms. The molecule has 0 radical (unpaired) electrons. The lowest BCUT2D eigenvalue weighted by atomic mass is 10.1. The predicted molar refractivity (Wildman–Crippen MR) is 66.9 cm³/mol. The SMILES string of the molecule is OC(CNc1ccnc(Cl)n1)c1ccccc1F. The van der Waals surface area contributed by atoms with E-state index in [1.807, 2.05) is 0 Å². The Bertz CT molecular complexity index is 538. The largest absolute Gasteiger partial charge is 0.386 e. The second-order valence-corrected chi connectivity index (χ2v) is 3.97. The molecule has 1 aromatic heterocycles. The highest BCUT2D eigenvalue weighted by Crippen LogP contribution is 2.17. The van der Waals surface area contributed by atoms with Gasteiger partial charge in [0.2, 0.25) is 5.28 Å². The van der Waals surface area contributed by atoms with Crippen molar-refractivity contribution >= 4 is 17.4 Å². The minimum Gasteiger partial charge on any atom is -0.386 e. The standard InChI is InChI=1S/C12H11ClFN3O/c13-12-15-6-5-11(17-12)16-7-10(18)8-3-1-2-4-9(8)14/h1-6,10,18H,7H2,(H,15,16,17). The molecule has 18 heavy (non-hydrogen) atoms. The Morgan fingerprint density at radius 1 is 1.33 bits per heavy atom. The van der Waals surface area contributed by atoms with Crippen LogP contribution in [-0.2, 0) is 0 Å². The van der Waals surface area contributed by atoms with Crippen molar-refractivity contribution in [3.63, 3.8) is 0 Å². The normalized spacial score (nSPS) is 12.2. The number of nitrogens with one attached hydrogen (secondary N) is 1. The molecule has 2 N–H and O–H groups in total. The van der Waals surface area contributed by atoms with E-state index in [-0.39, 0.29) is 17.4 Å². The number of aliphatic hydroxyl groups excluding tert-OH is 1. The van der Waals surface area contributed by atoms with E-state index in [2.05, 4.69) is 15.3 Å². The van der Waals surface area contributed by atoms with Crippen molar-refractivity contribution in [2.24, 2.45) is 0 Å². The van der Waals surface area contributed by atoms with Crippen LogP contribution in [0.25, 0.3) is 0 Å². The van der Waals surface area contributed by atoms with Crippen molar-refractivity contribution < 1.29 is 9.50 Å². The first-order chi connectivity index (χ1) is 8.66. The van der Waals surface area contributed by atoms with Gasteiger partial charge in [-0.2, -0.15) is 0 Å². The van der Waals surface area contributed by atoms with Gasteiger partial charge >= 0.3 is 0 Å². The van der Waals surface area contributed by atoms with Crippen LogP contribution in [0.3, 0.4) is 0 Å². The number of anilines is 1. The van der Waals surface area contributed by atoms with Crippen molar-refractivity contribution in [2.75, 3.05) is 11.9 Å². The van der Waals surface area contributed by atoms with Gasteiger partial charge in [-0.15, -0.1) is 0 Å². The summed E-state index contributed by atoms with van der Waals surface area (Å²) in [5, 5.41) is 12.8. The summed E-state index contributed by atoms with van der Waals surface area (Å²) in [6.07, 6.45) is 0.535. The zero-order chi connectivity index (χ0) is 13.0. The highest BCUT2D eigenvalue weighted by molar-refractivity contribution is 6.28. The Morgan fingerprint density at radius 2 is 2.11 bits per heavy atom. The van der Waals surface area contributed by atoms with E-state index in [0.29, 0.717) is 5.82 Å². The average molecular weight is 268 g/mol. The number of nitrogens with zero attached hydrogens (tertiary/aromatic N) is 2. The minimum atomic E-state index is -0.958. The molecule has 0 amide bonds. The monoisotopic (exact) mass is 267 g/mol. The zero-order valence-electron chi connectivity index (χ0n) is 9.35. The smallest absolute Gasteiger partial charge is 0.224 e. The van der Waals surface area contributed by atoms with Crippen LogP contribution in [0.2, 0.25) is 5.28 Å². The summed E-state index contributed by atoms with van der Waals surface area (Å²) in [5.74, 6) is 0.0397. The molecule has 1 aromatic carbocycles. The predicted octanol–water partition coefficient (Wildman–Crippen LogP) is 2.41. The quantitative estimate of drug-likeness (QED) is 0.836. The Morgan fingerprint density at radius 3 is 2.83 bits per heavy atom. The molecule has 4 nitrogen and oxygen atoms in total. The minimum absolute atomic E-state index is 0.111. The molecule has 0 spiro atoms. The van der Waals surface area contributed by atoms with Crippen molar-refractivity contribution in [2.45, 2.75) is 6.10 Å². The van der Waals surface area contributed by atoms with Crippen LogP contribution in [0.5, 0.6) is 0 Å². The molecular formula is C12H11ClFN3O. The Labute approximate surface area is 108 Å². The summed E-state index contributed by atoms with van der Waals surface area (Å²) < 4.78 is 13.4. The molecule has 6 heteroatoms. The van der Waals surface area contributed by atoms with E-state index >= 15 is 0 Å². The maximum Gasteiger partial charge on any atom is 0.224 e. The van der Waals surface area contributed by atoms with Gasteiger partial charge in [-0.05, 0) is 23.7 Å². The highest BCUT2D eigenvalue weighted by Gasteiger charge is 2.11. The van der Waals surface area contributed by atoms with Gasteiger partial charge in [-0.25, -0.2) is 14.4 Å². The fraction of sp³-hybridized carbons (Fsp3) is 0.167. The van der Waals surface area contributed by atoms with Gasteiger partial charge in [-0.1, -0.05) is 18.2 Å². The summed E-state index contributed by atoms with van der Waals surface area (Å²) in [4.78, 5) is 7.63. The summed E-state index contributed by atoms with van der Waals surface area (Å²) >= 11 is 5.62. The molecule has 0 aliphatic heterocycles. The molecule has 2 aromatic rings. The van der Waals surface area contributed by atoms with E-state index < -0.39 is 11.9 Å². The molecule has 0 saturated carbocycles. The summed E-state index contributed by atoms with van der Waals surface area (Å²) in [6, 6.07) is 7.70. The Kier molecular flexibility index (Phi) is 4.07. The van der Waals surface area contributed by atoms with Crippen LogP contribution in [0.15, 0.2) is 36.5 Å². The Hall–Kier alpha value is -1.72. The van der Waals surface area contributed by atoms with Crippen LogP contribution in [-0.4, -0.2) is 21.6 Å². The van der Waals surface area contributed by atoms with Gasteiger partial charge in [0.15, 0.2) is 0 Å². The summed E-state index contributed by atoms with van der Waals surface area (Å²) in [7, 11) is 0. The van der Waals surface area contributed by atoms with Crippen LogP contribution in [0.1, 0.15) is 11.7 Å². The molecule has 2 rings (SSSR count). The van der Waals surface area contributed by atoms with Gasteiger partial charge in [0, 0.05) is 18.3 Å². The van der Waals surface area contributed by atoms with E-state index in [1.54, 1.807) is 18.2 Å². The highest BCUT2D eigenvalue weighted by atomic mass is 35.5. The van der Waals surface area contributed by atoms with Crippen molar-refractivity contribution in [3.8, 4) is 0 Å². The van der Waals surface area contributed by atoms with Gasteiger partial charge in [0.1, 0.15) is 11.6 Å². The molecule has 0 aliphatic rings. The number of hydrogen-bond acceptors (Lipinski definition) is 4. The second-order valence-electron chi connectivity index (χ2n) is 3.63. The summed E-state index contributed by atoms with van der Waals surface area (Å²) in [6.45, 7) is 0.133. The fourth-order valence-corrected chi connectivity index (χ4v) is 1.64. The molecule has 0 saturated heterocycles. The molecule has 0 aliphatic carbocycles. The summed E-state index contributed by atoms with van der Waals surface area (Å²) in [5.41, 5.74) is 0.241. The molecule has 1 atom stereocenters. The van der Waals surface area contributed by atoms with E-state index in [9.17, 15) is 9.50 Å². The number of rotatable bonds is 4. The first kappa shape index (κ1) is 12.7. The lowest BCUT2D eigenvalue weighted by Crippen LogP contribution is -2.14. The maximum atomic E-state index is 13.4. The molecule has 94 valence electrons. The van der Waals surface area contributed by atoms with Gasteiger partial charge in [0.25, 0.3) is 0 Å². The Balaban J connectivity index is 2.00. The van der Waals surface area contributed by atoms with Gasteiger partial charge < -0.3 is 10.4 Å². The first-order valence-electron chi connectivity index (χ1n) is 5.32. The van der Waals surface area contributed by atoms with Crippen LogP contribution >= 0.6 is 11.6 Å². The maximum absolute atomic E-state index is 13.4. The lowest BCUT2D eigenvalue weighted by Gasteiger charge is -2.13.